The predicted octanol–water partition coefficient (Wildman–Crippen LogP) is 3.23. The Labute approximate surface area is 133 Å². The number of allylic oxidation sites excluding steroid dienone is 1. The summed E-state index contributed by atoms with van der Waals surface area (Å²) in [4.78, 5) is 0. The molecule has 0 aromatic heterocycles. The molecule has 0 unspecified atom stereocenters. The predicted molar refractivity (Wildman–Crippen MR) is 92.3 cm³/mol. The molecule has 22 heavy (non-hydrogen) atoms. The second-order valence-electron chi connectivity index (χ2n) is 7.03. The third kappa shape index (κ3) is 2.56. The first-order valence-electron chi connectivity index (χ1n) is 7.89. The van der Waals surface area contributed by atoms with Gasteiger partial charge < -0.3 is 15.0 Å². The van der Waals surface area contributed by atoms with Crippen molar-refractivity contribution in [2.45, 2.75) is 45.3 Å². The minimum absolute atomic E-state index is 0.341. The topological polar surface area (TPSA) is 44.5 Å². The molecule has 1 aromatic carbocycles. The molecular formula is C18H24BNO2. The van der Waals surface area contributed by atoms with E-state index in [0.29, 0.717) is 6.54 Å². The molecule has 1 fully saturated rings. The summed E-state index contributed by atoms with van der Waals surface area (Å²) in [6.45, 7) is 8.67. The Morgan fingerprint density at radius 1 is 1.23 bits per heavy atom. The Balaban J connectivity index is 1.92. The van der Waals surface area contributed by atoms with Crippen molar-refractivity contribution in [3.05, 3.63) is 46.4 Å². The van der Waals surface area contributed by atoms with Crippen LogP contribution in [0.3, 0.4) is 0 Å². The molecule has 0 spiro atoms. The van der Waals surface area contributed by atoms with E-state index in [-0.39, 0.29) is 18.3 Å². The van der Waals surface area contributed by atoms with E-state index < -0.39 is 0 Å². The standard InChI is InChI=1S/C18H24BNO2/c1-17(2)18(3,4)22-19(21-17)15(12-20)11-14-9-5-7-13-8-6-10-16(13)14/h5-9,11H,10,12,20H2,1-4H3. The summed E-state index contributed by atoms with van der Waals surface area (Å²) in [5, 5.41) is 0. The van der Waals surface area contributed by atoms with Crippen molar-refractivity contribution >= 4 is 19.3 Å². The molecule has 1 heterocycles. The van der Waals surface area contributed by atoms with Crippen LogP contribution < -0.4 is 5.73 Å². The molecule has 0 radical (unpaired) electrons. The Hall–Kier alpha value is -1.36. The lowest BCUT2D eigenvalue weighted by molar-refractivity contribution is 0.00578. The zero-order valence-corrected chi connectivity index (χ0v) is 13.8. The molecule has 0 saturated carbocycles. The Bertz CT molecular complexity index is 630. The Morgan fingerprint density at radius 2 is 1.91 bits per heavy atom. The molecule has 2 aliphatic rings. The molecule has 0 amide bonds. The van der Waals surface area contributed by atoms with Gasteiger partial charge in [-0.15, -0.1) is 0 Å². The fourth-order valence-electron chi connectivity index (χ4n) is 2.87. The first-order chi connectivity index (χ1) is 10.3. The van der Waals surface area contributed by atoms with Crippen LogP contribution in [0.25, 0.3) is 12.2 Å². The summed E-state index contributed by atoms with van der Waals surface area (Å²) in [5.74, 6) is 0. The lowest BCUT2D eigenvalue weighted by atomic mass is 9.76. The van der Waals surface area contributed by atoms with Crippen molar-refractivity contribution in [2.75, 3.05) is 6.54 Å². The van der Waals surface area contributed by atoms with Gasteiger partial charge in [0.15, 0.2) is 0 Å². The van der Waals surface area contributed by atoms with Crippen LogP contribution in [0.2, 0.25) is 0 Å². The van der Waals surface area contributed by atoms with E-state index in [1.165, 1.54) is 16.7 Å². The molecular weight excluding hydrogens is 273 g/mol. The molecule has 3 nitrogen and oxygen atoms in total. The van der Waals surface area contributed by atoms with Gasteiger partial charge in [0.2, 0.25) is 0 Å². The summed E-state index contributed by atoms with van der Waals surface area (Å²) in [5.41, 5.74) is 10.1. The van der Waals surface area contributed by atoms with Crippen molar-refractivity contribution in [3.63, 3.8) is 0 Å². The number of hydrogen-bond donors (Lipinski definition) is 1. The van der Waals surface area contributed by atoms with Gasteiger partial charge in [-0.25, -0.2) is 0 Å². The van der Waals surface area contributed by atoms with Crippen LogP contribution >= 0.6 is 0 Å². The van der Waals surface area contributed by atoms with Crippen LogP contribution in [0.1, 0.15) is 44.4 Å². The van der Waals surface area contributed by atoms with Gasteiger partial charge >= 0.3 is 7.12 Å². The second kappa shape index (κ2) is 5.37. The van der Waals surface area contributed by atoms with Crippen molar-refractivity contribution in [1.29, 1.82) is 0 Å². The van der Waals surface area contributed by atoms with Gasteiger partial charge in [-0.05, 0) is 56.3 Å². The number of fused-ring (bicyclic) bond motifs is 1. The molecule has 1 saturated heterocycles. The third-order valence-corrected chi connectivity index (χ3v) is 5.00. The van der Waals surface area contributed by atoms with Gasteiger partial charge in [0.1, 0.15) is 0 Å². The van der Waals surface area contributed by atoms with Crippen LogP contribution in [0.15, 0.2) is 29.7 Å². The first-order valence-corrected chi connectivity index (χ1v) is 7.89. The number of hydrogen-bond acceptors (Lipinski definition) is 3. The Morgan fingerprint density at radius 3 is 2.55 bits per heavy atom. The van der Waals surface area contributed by atoms with Crippen LogP contribution in [0.5, 0.6) is 0 Å². The molecule has 1 aromatic rings. The van der Waals surface area contributed by atoms with Crippen LogP contribution in [-0.4, -0.2) is 24.9 Å². The largest absolute Gasteiger partial charge is 0.491 e. The highest BCUT2D eigenvalue weighted by Gasteiger charge is 2.52. The third-order valence-electron chi connectivity index (χ3n) is 5.00. The van der Waals surface area contributed by atoms with Gasteiger partial charge in [0.05, 0.1) is 11.2 Å². The molecule has 0 atom stereocenters. The van der Waals surface area contributed by atoms with Gasteiger partial charge in [-0.3, -0.25) is 0 Å². The summed E-state index contributed by atoms with van der Waals surface area (Å²) < 4.78 is 12.2. The number of rotatable bonds is 3. The molecule has 3 rings (SSSR count). The summed E-state index contributed by atoms with van der Waals surface area (Å²) in [7, 11) is -0.375. The van der Waals surface area contributed by atoms with E-state index in [9.17, 15) is 0 Å². The van der Waals surface area contributed by atoms with Gasteiger partial charge in [-0.1, -0.05) is 36.4 Å². The molecule has 1 aliphatic carbocycles. The van der Waals surface area contributed by atoms with E-state index in [1.54, 1.807) is 0 Å². The smallest absolute Gasteiger partial charge is 0.400 e. The van der Waals surface area contributed by atoms with Crippen molar-refractivity contribution in [2.24, 2.45) is 5.73 Å². The van der Waals surface area contributed by atoms with E-state index >= 15 is 0 Å². The zero-order chi connectivity index (χ0) is 16.0. The quantitative estimate of drug-likeness (QED) is 0.871. The lowest BCUT2D eigenvalue weighted by Crippen LogP contribution is -2.41. The minimum Gasteiger partial charge on any atom is -0.400 e. The first kappa shape index (κ1) is 15.5. The summed E-state index contributed by atoms with van der Waals surface area (Å²) >= 11 is 0. The van der Waals surface area contributed by atoms with Crippen LogP contribution in [0, 0.1) is 0 Å². The molecule has 1 aliphatic heterocycles. The SMILES string of the molecule is CC1(C)OB(C(=Cc2cccc3c2CC=C3)CN)OC1(C)C. The highest BCUT2D eigenvalue weighted by atomic mass is 16.7. The summed E-state index contributed by atoms with van der Waals surface area (Å²) in [6.07, 6.45) is 7.47. The van der Waals surface area contributed by atoms with Crippen molar-refractivity contribution < 1.29 is 9.31 Å². The average Bonchev–Trinajstić information content (AvgIpc) is 2.99. The van der Waals surface area contributed by atoms with Crippen LogP contribution in [0.4, 0.5) is 0 Å². The fraction of sp³-hybridized carbons (Fsp3) is 0.444. The maximum Gasteiger partial charge on any atom is 0.491 e. The van der Waals surface area contributed by atoms with Gasteiger partial charge in [0.25, 0.3) is 0 Å². The fourth-order valence-corrected chi connectivity index (χ4v) is 2.87. The lowest BCUT2D eigenvalue weighted by Gasteiger charge is -2.32. The van der Waals surface area contributed by atoms with Gasteiger partial charge in [-0.2, -0.15) is 0 Å². The van der Waals surface area contributed by atoms with E-state index in [1.807, 2.05) is 0 Å². The summed E-state index contributed by atoms with van der Waals surface area (Å²) in [6, 6.07) is 6.36. The van der Waals surface area contributed by atoms with E-state index in [2.05, 4.69) is 64.1 Å². The minimum atomic E-state index is -0.375. The molecule has 2 N–H and O–H groups in total. The molecule has 0 bridgehead atoms. The molecule has 116 valence electrons. The monoisotopic (exact) mass is 297 g/mol. The van der Waals surface area contributed by atoms with Gasteiger partial charge in [0, 0.05) is 6.54 Å². The normalized spacial score (nSPS) is 22.2. The molecule has 4 heteroatoms. The number of nitrogens with two attached hydrogens (primary N) is 1. The number of benzene rings is 1. The average molecular weight is 297 g/mol. The Kier molecular flexibility index (Phi) is 3.80. The van der Waals surface area contributed by atoms with Crippen molar-refractivity contribution in [1.82, 2.24) is 0 Å². The highest BCUT2D eigenvalue weighted by Crippen LogP contribution is 2.39. The maximum absolute atomic E-state index is 6.12. The maximum atomic E-state index is 6.12. The van der Waals surface area contributed by atoms with E-state index in [0.717, 1.165) is 11.9 Å². The van der Waals surface area contributed by atoms with E-state index in [4.69, 9.17) is 15.0 Å². The van der Waals surface area contributed by atoms with Crippen LogP contribution in [-0.2, 0) is 15.7 Å². The highest BCUT2D eigenvalue weighted by molar-refractivity contribution is 6.55. The zero-order valence-electron chi connectivity index (χ0n) is 13.8. The second-order valence-corrected chi connectivity index (χ2v) is 7.03. The van der Waals surface area contributed by atoms with Crippen molar-refractivity contribution in [3.8, 4) is 0 Å².